The topological polar surface area (TPSA) is 60.0 Å². The molecule has 6 nitrogen and oxygen atoms in total. The molecular formula is C18H26N2O4. The third kappa shape index (κ3) is 3.82. The summed E-state index contributed by atoms with van der Waals surface area (Å²) in [6.45, 7) is 7.27. The Hall–Kier alpha value is -1.79. The van der Waals surface area contributed by atoms with Crippen molar-refractivity contribution in [3.63, 3.8) is 0 Å². The molecule has 2 aliphatic rings. The van der Waals surface area contributed by atoms with Gasteiger partial charge >= 0.3 is 5.97 Å². The number of nitrogens with one attached hydrogen (secondary N) is 1. The monoisotopic (exact) mass is 334 g/mol. The van der Waals surface area contributed by atoms with Crippen molar-refractivity contribution in [2.45, 2.75) is 38.5 Å². The largest absolute Gasteiger partial charge is 0.464 e. The van der Waals surface area contributed by atoms with E-state index in [1.807, 2.05) is 19.1 Å². The smallest absolute Gasteiger partial charge is 0.328 e. The molecule has 1 spiro atoms. The Labute approximate surface area is 143 Å². The fourth-order valence-corrected chi connectivity index (χ4v) is 3.24. The zero-order valence-corrected chi connectivity index (χ0v) is 14.4. The highest BCUT2D eigenvalue weighted by molar-refractivity contribution is 5.78. The normalized spacial score (nSPS) is 20.8. The van der Waals surface area contributed by atoms with Gasteiger partial charge in [-0.2, -0.15) is 0 Å². The van der Waals surface area contributed by atoms with Crippen molar-refractivity contribution in [2.24, 2.45) is 0 Å². The van der Waals surface area contributed by atoms with Crippen molar-refractivity contribution < 1.29 is 19.0 Å². The van der Waals surface area contributed by atoms with E-state index in [1.54, 1.807) is 6.92 Å². The van der Waals surface area contributed by atoms with E-state index in [2.05, 4.69) is 22.3 Å². The van der Waals surface area contributed by atoms with Gasteiger partial charge in [-0.25, -0.2) is 4.79 Å². The number of nitrogens with zero attached hydrogens (tertiary/aromatic N) is 1. The lowest BCUT2D eigenvalue weighted by molar-refractivity contribution is -0.169. The van der Waals surface area contributed by atoms with Crippen LogP contribution in [0.2, 0.25) is 0 Å². The van der Waals surface area contributed by atoms with E-state index in [4.69, 9.17) is 14.2 Å². The molecule has 24 heavy (non-hydrogen) atoms. The highest BCUT2D eigenvalue weighted by Gasteiger charge is 2.39. The molecule has 0 aliphatic carbocycles. The van der Waals surface area contributed by atoms with Gasteiger partial charge in [0.05, 0.1) is 19.8 Å². The van der Waals surface area contributed by atoms with Crippen molar-refractivity contribution in [1.29, 1.82) is 0 Å². The minimum atomic E-state index is -0.359. The van der Waals surface area contributed by atoms with Crippen LogP contribution in [-0.2, 0) is 19.0 Å². The summed E-state index contributed by atoms with van der Waals surface area (Å²) in [4.78, 5) is 14.0. The lowest BCUT2D eigenvalue weighted by atomic mass is 10.0. The van der Waals surface area contributed by atoms with Gasteiger partial charge in [-0.1, -0.05) is 0 Å². The maximum atomic E-state index is 11.7. The Kier molecular flexibility index (Phi) is 5.26. The molecule has 6 heteroatoms. The SMILES string of the molecule is CCOC(=O)C(C)Nc1ccc(N2CCC3(CC2)OCCO3)cc1. The molecule has 3 rings (SSSR count). The van der Waals surface area contributed by atoms with Gasteiger partial charge in [-0.15, -0.1) is 0 Å². The Balaban J connectivity index is 1.54. The van der Waals surface area contributed by atoms with Crippen molar-refractivity contribution in [1.82, 2.24) is 0 Å². The number of carbonyl (C=O) groups excluding carboxylic acids is 1. The zero-order valence-electron chi connectivity index (χ0n) is 14.4. The Morgan fingerprint density at radius 3 is 2.46 bits per heavy atom. The third-order valence-electron chi connectivity index (χ3n) is 4.59. The Morgan fingerprint density at radius 2 is 1.88 bits per heavy atom. The van der Waals surface area contributed by atoms with Crippen molar-refractivity contribution in [2.75, 3.05) is 43.1 Å². The van der Waals surface area contributed by atoms with E-state index < -0.39 is 0 Å². The first-order chi connectivity index (χ1) is 11.6. The van der Waals surface area contributed by atoms with E-state index in [1.165, 1.54) is 5.69 Å². The number of hydrogen-bond acceptors (Lipinski definition) is 6. The number of ether oxygens (including phenoxy) is 3. The molecule has 2 heterocycles. The lowest BCUT2D eigenvalue weighted by Gasteiger charge is -2.38. The molecule has 1 atom stereocenters. The summed E-state index contributed by atoms with van der Waals surface area (Å²) in [5.41, 5.74) is 2.09. The highest BCUT2D eigenvalue weighted by atomic mass is 16.7. The van der Waals surface area contributed by atoms with Crippen LogP contribution < -0.4 is 10.2 Å². The molecule has 1 aromatic carbocycles. The van der Waals surface area contributed by atoms with E-state index in [0.29, 0.717) is 19.8 Å². The fourth-order valence-electron chi connectivity index (χ4n) is 3.24. The molecule has 0 bridgehead atoms. The van der Waals surface area contributed by atoms with Gasteiger partial charge in [0.15, 0.2) is 5.79 Å². The van der Waals surface area contributed by atoms with Crippen molar-refractivity contribution in [3.05, 3.63) is 24.3 Å². The zero-order chi connectivity index (χ0) is 17.0. The first-order valence-electron chi connectivity index (χ1n) is 8.68. The highest BCUT2D eigenvalue weighted by Crippen LogP contribution is 2.33. The summed E-state index contributed by atoms with van der Waals surface area (Å²) >= 11 is 0. The maximum Gasteiger partial charge on any atom is 0.328 e. The predicted molar refractivity (Wildman–Crippen MR) is 92.2 cm³/mol. The van der Waals surface area contributed by atoms with Gasteiger partial charge in [0.25, 0.3) is 0 Å². The van der Waals surface area contributed by atoms with Crippen LogP contribution in [0.1, 0.15) is 26.7 Å². The lowest BCUT2D eigenvalue weighted by Crippen LogP contribution is -2.45. The molecule has 1 aromatic rings. The molecule has 2 aliphatic heterocycles. The minimum Gasteiger partial charge on any atom is -0.464 e. The van der Waals surface area contributed by atoms with E-state index in [-0.39, 0.29) is 17.8 Å². The van der Waals surface area contributed by atoms with Gasteiger partial charge in [0.1, 0.15) is 6.04 Å². The van der Waals surface area contributed by atoms with Crippen LogP contribution in [0, 0.1) is 0 Å². The number of esters is 1. The summed E-state index contributed by atoms with van der Waals surface area (Å²) < 4.78 is 16.5. The number of rotatable bonds is 5. The average Bonchev–Trinajstić information content (AvgIpc) is 3.05. The first-order valence-corrected chi connectivity index (χ1v) is 8.68. The summed E-state index contributed by atoms with van der Waals surface area (Å²) in [5.74, 6) is -0.577. The number of benzene rings is 1. The molecule has 1 unspecified atom stereocenters. The summed E-state index contributed by atoms with van der Waals surface area (Å²) in [6, 6.07) is 7.79. The van der Waals surface area contributed by atoms with Crippen LogP contribution in [0.15, 0.2) is 24.3 Å². The molecule has 2 fully saturated rings. The molecule has 132 valence electrons. The molecule has 0 radical (unpaired) electrons. The van der Waals surface area contributed by atoms with Crippen molar-refractivity contribution in [3.8, 4) is 0 Å². The molecule has 2 saturated heterocycles. The number of hydrogen-bond donors (Lipinski definition) is 1. The molecule has 0 saturated carbocycles. The van der Waals surface area contributed by atoms with Gasteiger partial charge in [-0.05, 0) is 38.1 Å². The van der Waals surface area contributed by atoms with Gasteiger partial charge in [0, 0.05) is 37.3 Å². The second-order valence-electron chi connectivity index (χ2n) is 6.26. The minimum absolute atomic E-state index is 0.237. The van der Waals surface area contributed by atoms with Crippen LogP contribution in [0.3, 0.4) is 0 Å². The van der Waals surface area contributed by atoms with Crippen molar-refractivity contribution >= 4 is 17.3 Å². The summed E-state index contributed by atoms with van der Waals surface area (Å²) in [6.07, 6.45) is 1.79. The predicted octanol–water partition coefficient (Wildman–Crippen LogP) is 2.39. The Bertz CT molecular complexity index is 545. The molecule has 1 N–H and O–H groups in total. The van der Waals surface area contributed by atoms with Gasteiger partial charge in [0.2, 0.25) is 0 Å². The molecule has 0 aromatic heterocycles. The van der Waals surface area contributed by atoms with Crippen LogP contribution in [0.4, 0.5) is 11.4 Å². The molecule has 0 amide bonds. The quantitative estimate of drug-likeness (QED) is 0.835. The first kappa shape index (κ1) is 17.0. The standard InChI is InChI=1S/C18H26N2O4/c1-3-22-17(21)14(2)19-15-4-6-16(7-5-15)20-10-8-18(9-11-20)23-12-13-24-18/h4-7,14,19H,3,8-13H2,1-2H3. The summed E-state index contributed by atoms with van der Waals surface area (Å²) in [7, 11) is 0. The van der Waals surface area contributed by atoms with Crippen LogP contribution in [0.25, 0.3) is 0 Å². The number of carbonyl (C=O) groups is 1. The number of anilines is 2. The van der Waals surface area contributed by atoms with E-state index in [9.17, 15) is 4.79 Å². The summed E-state index contributed by atoms with van der Waals surface area (Å²) in [5, 5.41) is 3.16. The fraction of sp³-hybridized carbons (Fsp3) is 0.611. The Morgan fingerprint density at radius 1 is 1.25 bits per heavy atom. The second-order valence-corrected chi connectivity index (χ2v) is 6.26. The molecular weight excluding hydrogens is 308 g/mol. The van der Waals surface area contributed by atoms with Crippen LogP contribution >= 0.6 is 0 Å². The second kappa shape index (κ2) is 7.40. The maximum absolute atomic E-state index is 11.7. The number of piperidine rings is 1. The van der Waals surface area contributed by atoms with Crippen LogP contribution in [0.5, 0.6) is 0 Å². The third-order valence-corrected chi connectivity index (χ3v) is 4.59. The van der Waals surface area contributed by atoms with Gasteiger partial charge < -0.3 is 24.4 Å². The van der Waals surface area contributed by atoms with E-state index >= 15 is 0 Å². The van der Waals surface area contributed by atoms with E-state index in [0.717, 1.165) is 31.6 Å². The van der Waals surface area contributed by atoms with Gasteiger partial charge in [-0.3, -0.25) is 0 Å². The average molecular weight is 334 g/mol. The van der Waals surface area contributed by atoms with Crippen LogP contribution in [-0.4, -0.2) is 50.7 Å².